The largest absolute Gasteiger partial charge is 2.00 e. The van der Waals surface area contributed by atoms with E-state index in [4.69, 9.17) is 0 Å². The normalized spacial score (nSPS) is 13.5. The minimum absolute atomic E-state index is 0. The molecule has 0 saturated heterocycles. The van der Waals surface area contributed by atoms with Gasteiger partial charge < -0.3 is 1.43 Å². The van der Waals surface area contributed by atoms with Crippen LogP contribution in [0.3, 0.4) is 0 Å². The molecule has 0 aromatic carbocycles. The molecule has 0 aliphatic heterocycles. The Morgan fingerprint density at radius 1 is 0.846 bits per heavy atom. The maximum absolute atomic E-state index is 2.99. The van der Waals surface area contributed by atoms with E-state index in [-0.39, 0.29) is 52.4 Å². The van der Waals surface area contributed by atoms with Crippen molar-refractivity contribution in [2.45, 2.75) is 12.8 Å². The number of allylic oxidation sites excluding steroid dienone is 8. The first-order valence-electron chi connectivity index (χ1n) is 3.43. The van der Waals surface area contributed by atoms with Gasteiger partial charge in [0.05, 0.1) is 0 Å². The van der Waals surface area contributed by atoms with E-state index < -0.39 is 0 Å². The molecule has 0 radical (unpaired) electrons. The summed E-state index contributed by atoms with van der Waals surface area (Å²) in [7, 11) is 0. The molecule has 2 aliphatic carbocycles. The fourth-order valence-corrected chi connectivity index (χ4v) is 0.680. The Balaban J connectivity index is -0.0000000556. The van der Waals surface area contributed by atoms with Gasteiger partial charge >= 0.3 is 26.2 Å². The zero-order valence-electron chi connectivity index (χ0n) is 8.19. The average Bonchev–Trinajstić information content (AvgIpc) is 2.67. The van der Waals surface area contributed by atoms with Crippen molar-refractivity contribution in [3.8, 4) is 0 Å². The van der Waals surface area contributed by atoms with Crippen molar-refractivity contribution in [2.75, 3.05) is 0 Å². The maximum Gasteiger partial charge on any atom is 2.00 e. The van der Waals surface area contributed by atoms with Gasteiger partial charge in [-0.25, -0.2) is 24.3 Å². The predicted molar refractivity (Wildman–Crippen MR) is 58.7 cm³/mol. The van der Waals surface area contributed by atoms with Crippen molar-refractivity contribution in [1.29, 1.82) is 0 Å². The first-order valence-corrected chi connectivity index (χ1v) is 3.43. The summed E-state index contributed by atoms with van der Waals surface area (Å²) < 4.78 is 0. The van der Waals surface area contributed by atoms with Crippen LogP contribution in [0.25, 0.3) is 0 Å². The van der Waals surface area contributed by atoms with Crippen LogP contribution >= 0.6 is 24.8 Å². The molecule has 0 nitrogen and oxygen atoms in total. The van der Waals surface area contributed by atoms with E-state index in [9.17, 15) is 0 Å². The van der Waals surface area contributed by atoms with Gasteiger partial charge in [-0.05, 0) is 0 Å². The molecular formula is C10H13Cl2Zr-. The Kier molecular flexibility index (Phi) is 21.9. The van der Waals surface area contributed by atoms with Gasteiger partial charge in [-0.1, -0.05) is 0 Å². The number of hydrogen-bond acceptors (Lipinski definition) is 0. The third-order valence-electron chi connectivity index (χ3n) is 1.17. The summed E-state index contributed by atoms with van der Waals surface area (Å²) in [6.45, 7) is 0. The van der Waals surface area contributed by atoms with E-state index in [2.05, 4.69) is 24.3 Å². The Labute approximate surface area is 113 Å². The maximum atomic E-state index is 2.99. The van der Waals surface area contributed by atoms with Gasteiger partial charge in [-0.3, -0.25) is 12.2 Å². The fourth-order valence-electron chi connectivity index (χ4n) is 0.680. The molecule has 0 heterocycles. The van der Waals surface area contributed by atoms with Crippen LogP contribution in [0.15, 0.2) is 36.5 Å². The van der Waals surface area contributed by atoms with Crippen LogP contribution in [0.4, 0.5) is 0 Å². The zero-order chi connectivity index (χ0) is 7.07. The second kappa shape index (κ2) is 14.9. The van der Waals surface area contributed by atoms with Gasteiger partial charge in [-0.15, -0.1) is 37.7 Å². The van der Waals surface area contributed by atoms with Crippen molar-refractivity contribution in [1.82, 2.24) is 0 Å². The van der Waals surface area contributed by atoms with Crippen LogP contribution in [0.5, 0.6) is 0 Å². The van der Waals surface area contributed by atoms with Gasteiger partial charge in [0.25, 0.3) is 0 Å². The van der Waals surface area contributed by atoms with Crippen LogP contribution in [0.1, 0.15) is 14.3 Å². The molecular weight excluding hydrogens is 282 g/mol. The molecule has 2 aliphatic rings. The minimum atomic E-state index is 0. The SMILES string of the molecule is Cl.Cl.[C-]1=CC=CC1.[C-]1=CC=CC1.[H-].[Zr+2]. The first kappa shape index (κ1) is 19.1. The molecule has 13 heavy (non-hydrogen) atoms. The molecule has 0 aromatic heterocycles. The van der Waals surface area contributed by atoms with E-state index >= 15 is 0 Å². The molecule has 0 aromatic rings. The summed E-state index contributed by atoms with van der Waals surface area (Å²) in [6, 6.07) is 0. The Hall–Kier alpha value is 0.423. The molecule has 72 valence electrons. The fraction of sp³-hybridized carbons (Fsp3) is 0.200. The predicted octanol–water partition coefficient (Wildman–Crippen LogP) is 3.56. The Morgan fingerprint density at radius 2 is 1.23 bits per heavy atom. The van der Waals surface area contributed by atoms with Crippen LogP contribution in [-0.4, -0.2) is 0 Å². The third kappa shape index (κ3) is 12.4. The van der Waals surface area contributed by atoms with Gasteiger partial charge in [0.2, 0.25) is 0 Å². The number of halogens is 2. The van der Waals surface area contributed by atoms with Gasteiger partial charge in [-0.2, -0.15) is 12.2 Å². The zero-order valence-corrected chi connectivity index (χ0v) is 11.3. The number of hydrogen-bond donors (Lipinski definition) is 0. The Morgan fingerprint density at radius 3 is 1.31 bits per heavy atom. The second-order valence-corrected chi connectivity index (χ2v) is 2.01. The van der Waals surface area contributed by atoms with Crippen LogP contribution in [0.2, 0.25) is 0 Å². The van der Waals surface area contributed by atoms with Gasteiger partial charge in [0.15, 0.2) is 0 Å². The topological polar surface area (TPSA) is 0 Å². The monoisotopic (exact) mass is 293 g/mol. The van der Waals surface area contributed by atoms with Crippen LogP contribution < -0.4 is 0 Å². The summed E-state index contributed by atoms with van der Waals surface area (Å²) in [6.07, 6.45) is 20.0. The molecule has 0 N–H and O–H groups in total. The Bertz CT molecular complexity index is 156. The minimum Gasteiger partial charge on any atom is -1.00 e. The standard InChI is InChI=1S/2C5H5.2ClH.Zr.H/c2*1-2-4-5-3-1;;;;/h2*1-3H,4H2;2*1H;;/q2*-1;;;+2;-1. The van der Waals surface area contributed by atoms with E-state index in [0.717, 1.165) is 12.8 Å². The molecule has 0 fully saturated rings. The van der Waals surface area contributed by atoms with Crippen molar-refractivity contribution < 1.29 is 27.6 Å². The summed E-state index contributed by atoms with van der Waals surface area (Å²) >= 11 is 0. The molecule has 0 atom stereocenters. The average molecular weight is 295 g/mol. The van der Waals surface area contributed by atoms with E-state index in [1.54, 1.807) is 0 Å². The molecule has 0 saturated carbocycles. The van der Waals surface area contributed by atoms with Crippen LogP contribution in [-0.2, 0) is 26.2 Å². The smallest absolute Gasteiger partial charge is 1.00 e. The van der Waals surface area contributed by atoms with Crippen molar-refractivity contribution in [2.24, 2.45) is 0 Å². The summed E-state index contributed by atoms with van der Waals surface area (Å²) in [4.78, 5) is 0. The van der Waals surface area contributed by atoms with Crippen molar-refractivity contribution >= 4 is 24.8 Å². The van der Waals surface area contributed by atoms with E-state index in [0.29, 0.717) is 0 Å². The second-order valence-electron chi connectivity index (χ2n) is 2.01. The molecule has 0 amide bonds. The quantitative estimate of drug-likeness (QED) is 0.599. The summed E-state index contributed by atoms with van der Waals surface area (Å²) in [5.41, 5.74) is 0. The summed E-state index contributed by atoms with van der Waals surface area (Å²) in [5.74, 6) is 0. The molecule has 2 rings (SSSR count). The molecule has 0 unspecified atom stereocenters. The summed E-state index contributed by atoms with van der Waals surface area (Å²) in [5, 5.41) is 0. The number of rotatable bonds is 0. The van der Waals surface area contributed by atoms with Crippen molar-refractivity contribution in [3.63, 3.8) is 0 Å². The third-order valence-corrected chi connectivity index (χ3v) is 1.17. The van der Waals surface area contributed by atoms with E-state index in [1.165, 1.54) is 0 Å². The molecule has 0 spiro atoms. The van der Waals surface area contributed by atoms with E-state index in [1.807, 2.05) is 24.3 Å². The molecule has 0 bridgehead atoms. The van der Waals surface area contributed by atoms with Crippen molar-refractivity contribution in [3.05, 3.63) is 48.6 Å². The van der Waals surface area contributed by atoms with Crippen LogP contribution in [0, 0.1) is 12.2 Å². The van der Waals surface area contributed by atoms with Gasteiger partial charge in [0.1, 0.15) is 0 Å². The van der Waals surface area contributed by atoms with Gasteiger partial charge in [0, 0.05) is 0 Å². The first-order chi connectivity index (χ1) is 5.00. The molecule has 3 heteroatoms.